The number of rotatable bonds is 16. The van der Waals surface area contributed by atoms with Crippen LogP contribution in [0.2, 0.25) is 0 Å². The lowest BCUT2D eigenvalue weighted by molar-refractivity contribution is -0.143. The van der Waals surface area contributed by atoms with E-state index < -0.39 is 79.1 Å². The van der Waals surface area contributed by atoms with Gasteiger partial charge in [0.05, 0.1) is 25.5 Å². The molecule has 0 saturated heterocycles. The van der Waals surface area contributed by atoms with Crippen molar-refractivity contribution in [3.8, 4) is 0 Å². The number of aliphatic carboxylic acids is 1. The number of amides is 5. The number of unbranched alkanes of at least 4 members (excludes halogenated alkanes) is 1. The van der Waals surface area contributed by atoms with Gasteiger partial charge in [-0.2, -0.15) is 0 Å². The fraction of sp³-hybridized carbons (Fsp3) is 0.647. The van der Waals surface area contributed by atoms with Crippen LogP contribution in [-0.4, -0.2) is 83.0 Å². The number of carboxylic acid groups (broad SMARTS) is 1. The van der Waals surface area contributed by atoms with E-state index in [0.717, 1.165) is 0 Å². The van der Waals surface area contributed by atoms with Crippen molar-refractivity contribution in [2.45, 2.75) is 56.3 Å². The van der Waals surface area contributed by atoms with Crippen molar-refractivity contribution in [2.75, 3.05) is 13.2 Å². The third-order valence-electron chi connectivity index (χ3n) is 4.17. The fourth-order valence-corrected chi connectivity index (χ4v) is 2.49. The molecule has 182 valence electrons. The monoisotopic (exact) mass is 461 g/mol. The molecule has 0 aliphatic carbocycles. The van der Waals surface area contributed by atoms with Crippen LogP contribution >= 0.6 is 0 Å². The molecule has 4 atom stereocenters. The summed E-state index contributed by atoms with van der Waals surface area (Å²) in [7, 11) is 0. The molecule has 0 aliphatic heterocycles. The highest BCUT2D eigenvalue weighted by atomic mass is 16.4. The van der Waals surface area contributed by atoms with Gasteiger partial charge in [-0.25, -0.2) is 4.79 Å². The first-order valence-corrected chi connectivity index (χ1v) is 9.69. The van der Waals surface area contributed by atoms with E-state index in [-0.39, 0.29) is 6.42 Å². The van der Waals surface area contributed by atoms with Crippen LogP contribution in [0.4, 0.5) is 0 Å². The van der Waals surface area contributed by atoms with Crippen molar-refractivity contribution >= 4 is 35.5 Å². The second kappa shape index (κ2) is 14.7. The maximum atomic E-state index is 12.7. The summed E-state index contributed by atoms with van der Waals surface area (Å²) in [6.45, 7) is -0.586. The molecule has 32 heavy (non-hydrogen) atoms. The SMILES string of the molecule is NCCCCC(NC(=O)C(CC(N)=O)NC(=O)C(N)CC(N)=O)C(=O)NC(CO)C(=O)O. The van der Waals surface area contributed by atoms with Crippen molar-refractivity contribution in [1.82, 2.24) is 16.0 Å². The van der Waals surface area contributed by atoms with E-state index in [4.69, 9.17) is 33.1 Å². The number of hydrogen-bond donors (Lipinski definition) is 9. The predicted octanol–water partition coefficient (Wildman–Crippen LogP) is -5.28. The van der Waals surface area contributed by atoms with Crippen LogP contribution in [0.15, 0.2) is 0 Å². The van der Waals surface area contributed by atoms with Crippen LogP contribution in [0, 0.1) is 0 Å². The molecule has 0 rings (SSSR count). The Kier molecular flexibility index (Phi) is 13.1. The van der Waals surface area contributed by atoms with E-state index >= 15 is 0 Å². The summed E-state index contributed by atoms with van der Waals surface area (Å²) in [5.41, 5.74) is 21.0. The fourth-order valence-electron chi connectivity index (χ4n) is 2.49. The average molecular weight is 461 g/mol. The molecular formula is C17H31N7O8. The summed E-state index contributed by atoms with van der Waals surface area (Å²) in [6, 6.07) is -5.80. The molecule has 0 aromatic rings. The molecule has 0 aromatic heterocycles. The van der Waals surface area contributed by atoms with E-state index in [0.29, 0.717) is 19.4 Å². The summed E-state index contributed by atoms with van der Waals surface area (Å²) >= 11 is 0. The maximum Gasteiger partial charge on any atom is 0.328 e. The molecule has 0 saturated carbocycles. The van der Waals surface area contributed by atoms with Crippen molar-refractivity contribution in [2.24, 2.45) is 22.9 Å². The van der Waals surface area contributed by atoms with E-state index in [1.165, 1.54) is 0 Å². The highest BCUT2D eigenvalue weighted by Crippen LogP contribution is 2.04. The average Bonchev–Trinajstić information content (AvgIpc) is 2.69. The van der Waals surface area contributed by atoms with Gasteiger partial charge in [0, 0.05) is 0 Å². The lowest BCUT2D eigenvalue weighted by Crippen LogP contribution is -2.58. The second-order valence-corrected chi connectivity index (χ2v) is 6.94. The van der Waals surface area contributed by atoms with Crippen LogP contribution < -0.4 is 38.9 Å². The van der Waals surface area contributed by atoms with E-state index in [2.05, 4.69) is 16.0 Å². The Morgan fingerprint density at radius 2 is 1.25 bits per heavy atom. The van der Waals surface area contributed by atoms with Gasteiger partial charge in [0.1, 0.15) is 18.1 Å². The standard InChI is InChI=1S/C17H31N7O8/c18-4-2-1-3-9(15(29)24-11(7-25)17(31)32)22-16(30)10(6-13(21)27)23-14(28)8(19)5-12(20)26/h8-11,25H,1-7,18-19H2,(H2,20,26)(H2,21,27)(H,22,30)(H,23,28)(H,24,29)(H,31,32). The van der Waals surface area contributed by atoms with Crippen LogP contribution in [0.25, 0.3) is 0 Å². The van der Waals surface area contributed by atoms with Crippen molar-refractivity contribution in [3.63, 3.8) is 0 Å². The smallest absolute Gasteiger partial charge is 0.328 e. The Bertz CT molecular complexity index is 702. The number of carboxylic acids is 1. The molecule has 15 nitrogen and oxygen atoms in total. The van der Waals surface area contributed by atoms with Gasteiger partial charge in [0.2, 0.25) is 29.5 Å². The van der Waals surface area contributed by atoms with E-state index in [1.807, 2.05) is 0 Å². The number of primary amides is 2. The number of aliphatic hydroxyl groups excluding tert-OH is 1. The molecule has 0 radical (unpaired) electrons. The summed E-state index contributed by atoms with van der Waals surface area (Å²) in [5, 5.41) is 24.6. The molecule has 0 heterocycles. The first kappa shape index (κ1) is 28.7. The summed E-state index contributed by atoms with van der Waals surface area (Å²) in [5.74, 6) is -6.16. The van der Waals surface area contributed by atoms with Crippen molar-refractivity contribution in [1.29, 1.82) is 0 Å². The van der Waals surface area contributed by atoms with Gasteiger partial charge >= 0.3 is 5.97 Å². The molecule has 5 amide bonds. The molecule has 0 fully saturated rings. The van der Waals surface area contributed by atoms with Gasteiger partial charge in [-0.3, -0.25) is 24.0 Å². The first-order chi connectivity index (χ1) is 14.9. The molecule has 13 N–H and O–H groups in total. The van der Waals surface area contributed by atoms with E-state index in [1.54, 1.807) is 0 Å². The number of nitrogens with two attached hydrogens (primary N) is 4. The highest BCUT2D eigenvalue weighted by Gasteiger charge is 2.31. The van der Waals surface area contributed by atoms with Gasteiger partial charge < -0.3 is 49.1 Å². The normalized spacial score (nSPS) is 14.3. The molecule has 0 aliphatic rings. The van der Waals surface area contributed by atoms with Gasteiger partial charge in [0.15, 0.2) is 0 Å². The van der Waals surface area contributed by atoms with Gasteiger partial charge in [-0.15, -0.1) is 0 Å². The number of carbonyl (C=O) groups is 6. The third kappa shape index (κ3) is 11.2. The van der Waals surface area contributed by atoms with Crippen LogP contribution in [-0.2, 0) is 28.8 Å². The quantitative estimate of drug-likeness (QED) is 0.0983. The molecular weight excluding hydrogens is 430 g/mol. The summed E-state index contributed by atoms with van der Waals surface area (Å²) in [4.78, 5) is 70.5. The third-order valence-corrected chi connectivity index (χ3v) is 4.17. The molecule has 0 spiro atoms. The largest absolute Gasteiger partial charge is 0.480 e. The van der Waals surface area contributed by atoms with Gasteiger partial charge in [-0.05, 0) is 25.8 Å². The van der Waals surface area contributed by atoms with Crippen LogP contribution in [0.3, 0.4) is 0 Å². The van der Waals surface area contributed by atoms with E-state index in [9.17, 15) is 28.8 Å². The topological polar surface area (TPSA) is 283 Å². The minimum Gasteiger partial charge on any atom is -0.480 e. The molecule has 0 bridgehead atoms. The van der Waals surface area contributed by atoms with Crippen molar-refractivity contribution < 1.29 is 39.0 Å². The predicted molar refractivity (Wildman–Crippen MR) is 109 cm³/mol. The zero-order valence-electron chi connectivity index (χ0n) is 17.4. The molecule has 4 unspecified atom stereocenters. The minimum atomic E-state index is -1.61. The maximum absolute atomic E-state index is 12.7. The number of carbonyl (C=O) groups excluding carboxylic acids is 5. The second-order valence-electron chi connectivity index (χ2n) is 6.94. The minimum absolute atomic E-state index is 0.0466. The molecule has 0 aromatic carbocycles. The van der Waals surface area contributed by atoms with Gasteiger partial charge in [0.25, 0.3) is 0 Å². The zero-order valence-corrected chi connectivity index (χ0v) is 17.4. The summed E-state index contributed by atoms with van der Waals surface area (Å²) < 4.78 is 0. The number of hydrogen-bond acceptors (Lipinski definition) is 9. The molecule has 15 heteroatoms. The van der Waals surface area contributed by atoms with Crippen LogP contribution in [0.5, 0.6) is 0 Å². The first-order valence-electron chi connectivity index (χ1n) is 9.69. The van der Waals surface area contributed by atoms with Crippen molar-refractivity contribution in [3.05, 3.63) is 0 Å². The Labute approximate surface area is 183 Å². The lowest BCUT2D eigenvalue weighted by Gasteiger charge is -2.24. The summed E-state index contributed by atoms with van der Waals surface area (Å²) in [6.07, 6.45) is -0.247. The Hall–Kier alpha value is -3.30. The zero-order chi connectivity index (χ0) is 24.8. The lowest BCUT2D eigenvalue weighted by atomic mass is 10.1. The number of nitrogens with one attached hydrogen (secondary N) is 3. The Morgan fingerprint density at radius 3 is 1.72 bits per heavy atom. The highest BCUT2D eigenvalue weighted by molar-refractivity contribution is 5.96. The van der Waals surface area contributed by atoms with Gasteiger partial charge in [-0.1, -0.05) is 0 Å². The Balaban J connectivity index is 5.44. The number of aliphatic hydroxyl groups is 1. The Morgan fingerprint density at radius 1 is 0.750 bits per heavy atom. The van der Waals surface area contributed by atoms with Crippen LogP contribution in [0.1, 0.15) is 32.1 Å².